The highest BCUT2D eigenvalue weighted by Crippen LogP contribution is 2.72. The number of carbonyl (C=O) groups excluding carboxylic acids is 2. The summed E-state index contributed by atoms with van der Waals surface area (Å²) in [5.74, 6) is 2.76. The van der Waals surface area contributed by atoms with Gasteiger partial charge in [0.15, 0.2) is 5.78 Å². The third-order valence-electron chi connectivity index (χ3n) is 9.76. The van der Waals surface area contributed by atoms with Crippen molar-refractivity contribution in [3.05, 3.63) is 0 Å². The Morgan fingerprint density at radius 3 is 2.50 bits per heavy atom. The minimum atomic E-state index is -0.166. The number of ether oxygens (including phenoxy) is 1. The van der Waals surface area contributed by atoms with Gasteiger partial charge in [-0.25, -0.2) is 0 Å². The maximum absolute atomic E-state index is 13.1. The molecule has 0 aromatic heterocycles. The Bertz CT molecular complexity index is 726. The summed E-state index contributed by atoms with van der Waals surface area (Å²) >= 11 is 0. The Hall–Kier alpha value is -0.900. The van der Waals surface area contributed by atoms with Gasteiger partial charge in [0, 0.05) is 23.3 Å². The van der Waals surface area contributed by atoms with Crippen molar-refractivity contribution >= 4 is 11.7 Å². The van der Waals surface area contributed by atoms with E-state index in [1.807, 2.05) is 0 Å². The fraction of sp³-hybridized carbons (Fsp3) is 0.917. The molecule has 0 aromatic rings. The number of hydrogen-bond acceptors (Lipinski definition) is 3. The van der Waals surface area contributed by atoms with E-state index in [1.54, 1.807) is 0 Å². The van der Waals surface area contributed by atoms with Crippen LogP contribution < -0.4 is 5.32 Å². The highest BCUT2D eigenvalue weighted by molar-refractivity contribution is 5.88. The summed E-state index contributed by atoms with van der Waals surface area (Å²) in [4.78, 5) is 25.4. The molecule has 5 fully saturated rings. The second-order valence-electron chi connectivity index (χ2n) is 12.1. The van der Waals surface area contributed by atoms with E-state index in [0.29, 0.717) is 30.0 Å². The van der Waals surface area contributed by atoms with E-state index in [2.05, 4.69) is 39.9 Å². The molecule has 1 saturated heterocycles. The van der Waals surface area contributed by atoms with Crippen LogP contribution in [0.1, 0.15) is 86.0 Å². The quantitative estimate of drug-likeness (QED) is 0.684. The number of nitrogens with one attached hydrogen (secondary N) is 1. The molecule has 0 radical (unpaired) electrons. The van der Waals surface area contributed by atoms with Crippen molar-refractivity contribution in [1.29, 1.82) is 0 Å². The van der Waals surface area contributed by atoms with E-state index in [1.165, 1.54) is 19.3 Å². The first kappa shape index (κ1) is 19.1. The lowest BCUT2D eigenvalue weighted by molar-refractivity contribution is -0.141. The minimum Gasteiger partial charge on any atom is -0.357 e. The molecule has 8 atom stereocenters. The lowest BCUT2D eigenvalue weighted by Crippen LogP contribution is -2.58. The molecule has 5 rings (SSSR count). The zero-order chi connectivity index (χ0) is 20.1. The standard InChI is InChI=1S/C24H37NO3/c1-21(2,3)25-20(27)17-7-6-15-14-8-13-24-19(28-24)18(26)10-12-23(24,5)16(14)9-11-22(15,17)4/h14-17,19H,6-13H2,1-5H3,(H,25,27)/t14-,15-,16-,17+,19-,22-,23+,24-/m0/s1. The van der Waals surface area contributed by atoms with Crippen LogP contribution in [0.5, 0.6) is 0 Å². The molecule has 5 aliphatic rings. The molecule has 4 heteroatoms. The molecule has 4 saturated carbocycles. The molecule has 1 amide bonds. The van der Waals surface area contributed by atoms with Gasteiger partial charge in [-0.2, -0.15) is 0 Å². The van der Waals surface area contributed by atoms with E-state index >= 15 is 0 Å². The number of fused-ring (bicyclic) bond motifs is 4. The summed E-state index contributed by atoms with van der Waals surface area (Å²) in [5, 5.41) is 3.27. The lowest BCUT2D eigenvalue weighted by atomic mass is 9.44. The van der Waals surface area contributed by atoms with Crippen molar-refractivity contribution in [3.8, 4) is 0 Å². The third kappa shape index (κ3) is 2.33. The summed E-state index contributed by atoms with van der Waals surface area (Å²) in [6, 6.07) is 0. The molecular formula is C24H37NO3. The van der Waals surface area contributed by atoms with Crippen LogP contribution in [-0.2, 0) is 14.3 Å². The second kappa shape index (κ2) is 5.62. The van der Waals surface area contributed by atoms with Crippen molar-refractivity contribution in [1.82, 2.24) is 5.32 Å². The topological polar surface area (TPSA) is 58.7 Å². The Morgan fingerprint density at radius 1 is 1.04 bits per heavy atom. The predicted octanol–water partition coefficient (Wildman–Crippen LogP) is 4.26. The highest BCUT2D eigenvalue weighted by atomic mass is 16.6. The van der Waals surface area contributed by atoms with Gasteiger partial charge in [0.1, 0.15) is 11.7 Å². The molecular weight excluding hydrogens is 350 g/mol. The van der Waals surface area contributed by atoms with Gasteiger partial charge in [-0.3, -0.25) is 9.59 Å². The van der Waals surface area contributed by atoms with E-state index < -0.39 is 0 Å². The van der Waals surface area contributed by atoms with E-state index in [-0.39, 0.29) is 39.9 Å². The van der Waals surface area contributed by atoms with Crippen molar-refractivity contribution in [2.75, 3.05) is 0 Å². The normalized spacial score (nSPS) is 52.2. The van der Waals surface area contributed by atoms with Gasteiger partial charge < -0.3 is 10.1 Å². The summed E-state index contributed by atoms with van der Waals surface area (Å²) in [6.07, 6.45) is 8.38. The average Bonchev–Trinajstić information content (AvgIpc) is 3.23. The molecule has 1 N–H and O–H groups in total. The smallest absolute Gasteiger partial charge is 0.224 e. The number of carbonyl (C=O) groups is 2. The van der Waals surface area contributed by atoms with Crippen LogP contribution in [0.4, 0.5) is 0 Å². The summed E-state index contributed by atoms with van der Waals surface area (Å²) in [7, 11) is 0. The predicted molar refractivity (Wildman–Crippen MR) is 108 cm³/mol. The Labute approximate surface area is 169 Å². The maximum Gasteiger partial charge on any atom is 0.224 e. The van der Waals surface area contributed by atoms with E-state index in [4.69, 9.17) is 4.74 Å². The first-order valence-corrected chi connectivity index (χ1v) is 11.5. The summed E-state index contributed by atoms with van der Waals surface area (Å²) in [6.45, 7) is 11.1. The third-order valence-corrected chi connectivity index (χ3v) is 9.76. The molecule has 0 aromatic carbocycles. The molecule has 4 aliphatic carbocycles. The van der Waals surface area contributed by atoms with Crippen LogP contribution in [0.25, 0.3) is 0 Å². The Kier molecular flexibility index (Phi) is 3.83. The van der Waals surface area contributed by atoms with Crippen molar-refractivity contribution < 1.29 is 14.3 Å². The molecule has 4 nitrogen and oxygen atoms in total. The largest absolute Gasteiger partial charge is 0.357 e. The Balaban J connectivity index is 1.40. The Morgan fingerprint density at radius 2 is 1.79 bits per heavy atom. The number of amides is 1. The molecule has 28 heavy (non-hydrogen) atoms. The molecule has 1 aliphatic heterocycles. The molecule has 1 spiro atoms. The highest BCUT2D eigenvalue weighted by Gasteiger charge is 2.76. The maximum atomic E-state index is 13.1. The van der Waals surface area contributed by atoms with Crippen molar-refractivity contribution in [2.24, 2.45) is 34.5 Å². The van der Waals surface area contributed by atoms with Crippen LogP contribution in [-0.4, -0.2) is 28.9 Å². The van der Waals surface area contributed by atoms with Gasteiger partial charge in [-0.05, 0) is 88.9 Å². The van der Waals surface area contributed by atoms with Gasteiger partial charge in [0.2, 0.25) is 5.91 Å². The van der Waals surface area contributed by atoms with Gasteiger partial charge in [0.25, 0.3) is 0 Å². The first-order chi connectivity index (χ1) is 13.0. The lowest BCUT2D eigenvalue weighted by Gasteiger charge is -2.59. The van der Waals surface area contributed by atoms with Crippen molar-refractivity contribution in [3.63, 3.8) is 0 Å². The number of Topliss-reactive ketones (excluding diaryl/α,β-unsaturated/α-hetero) is 1. The summed E-state index contributed by atoms with van der Waals surface area (Å²) < 4.78 is 6.17. The minimum absolute atomic E-state index is 0.102. The fourth-order valence-corrected chi connectivity index (χ4v) is 8.39. The number of rotatable bonds is 1. The van der Waals surface area contributed by atoms with E-state index in [9.17, 15) is 9.59 Å². The fourth-order valence-electron chi connectivity index (χ4n) is 8.39. The van der Waals surface area contributed by atoms with Crippen LogP contribution in [0.3, 0.4) is 0 Å². The SMILES string of the molecule is CC(C)(C)NC(=O)[C@H]1CC[C@H]2[C@@H]3CC[C@]45O[C@H]4C(=O)CC[C@]5(C)[C@H]3CC[C@]12C. The number of hydrogen-bond donors (Lipinski definition) is 1. The van der Waals surface area contributed by atoms with Gasteiger partial charge >= 0.3 is 0 Å². The zero-order valence-corrected chi connectivity index (χ0v) is 18.3. The molecule has 1 heterocycles. The van der Waals surface area contributed by atoms with Crippen molar-refractivity contribution in [2.45, 2.75) is 103 Å². The van der Waals surface area contributed by atoms with E-state index in [0.717, 1.165) is 25.7 Å². The summed E-state index contributed by atoms with van der Waals surface area (Å²) in [5.41, 5.74) is -0.0213. The zero-order valence-electron chi connectivity index (χ0n) is 18.3. The van der Waals surface area contributed by atoms with Gasteiger partial charge in [-0.1, -0.05) is 13.8 Å². The molecule has 156 valence electrons. The number of ketones is 1. The van der Waals surface area contributed by atoms with Crippen LogP contribution >= 0.6 is 0 Å². The monoisotopic (exact) mass is 387 g/mol. The van der Waals surface area contributed by atoms with Gasteiger partial charge in [-0.15, -0.1) is 0 Å². The van der Waals surface area contributed by atoms with Crippen LogP contribution in [0.2, 0.25) is 0 Å². The van der Waals surface area contributed by atoms with Crippen LogP contribution in [0.15, 0.2) is 0 Å². The van der Waals surface area contributed by atoms with Crippen LogP contribution in [0, 0.1) is 34.5 Å². The molecule has 0 bridgehead atoms. The molecule has 0 unspecified atom stereocenters. The van der Waals surface area contributed by atoms with Gasteiger partial charge in [0.05, 0.1) is 0 Å². The number of epoxide rings is 1. The second-order valence-corrected chi connectivity index (χ2v) is 12.1. The first-order valence-electron chi connectivity index (χ1n) is 11.5. The average molecular weight is 388 g/mol.